The van der Waals surface area contributed by atoms with Crippen molar-refractivity contribution in [2.24, 2.45) is 0 Å². The lowest BCUT2D eigenvalue weighted by molar-refractivity contribution is 0.599. The van der Waals surface area contributed by atoms with E-state index in [0.717, 1.165) is 30.9 Å². The van der Waals surface area contributed by atoms with Gasteiger partial charge in [0.05, 0.1) is 11.7 Å². The maximum atomic E-state index is 4.82. The molecule has 3 rings (SSSR count). The number of hydrogen-bond donors (Lipinski definition) is 1. The molecule has 0 spiro atoms. The smallest absolute Gasteiger partial charge is 0.146 e. The highest BCUT2D eigenvalue weighted by Gasteiger charge is 2.20. The SMILES string of the molecule is CCCCc1cc(-c2ccccc2)nc(C2CCCN2)n1. The van der Waals surface area contributed by atoms with Crippen molar-refractivity contribution in [1.29, 1.82) is 0 Å². The lowest BCUT2D eigenvalue weighted by Gasteiger charge is -2.13. The summed E-state index contributed by atoms with van der Waals surface area (Å²) in [6, 6.07) is 12.9. The second kappa shape index (κ2) is 6.81. The first-order chi connectivity index (χ1) is 10.4. The van der Waals surface area contributed by atoms with Crippen LogP contribution in [-0.2, 0) is 6.42 Å². The monoisotopic (exact) mass is 281 g/mol. The Hall–Kier alpha value is -1.74. The Morgan fingerprint density at radius 2 is 2.05 bits per heavy atom. The maximum absolute atomic E-state index is 4.82. The van der Waals surface area contributed by atoms with E-state index in [-0.39, 0.29) is 0 Å². The van der Waals surface area contributed by atoms with E-state index in [4.69, 9.17) is 9.97 Å². The Morgan fingerprint density at radius 1 is 1.19 bits per heavy atom. The Morgan fingerprint density at radius 3 is 2.76 bits per heavy atom. The number of nitrogens with one attached hydrogen (secondary N) is 1. The van der Waals surface area contributed by atoms with Gasteiger partial charge in [-0.15, -0.1) is 0 Å². The first kappa shape index (κ1) is 14.2. The molecule has 1 aromatic carbocycles. The molecular weight excluding hydrogens is 258 g/mol. The quantitative estimate of drug-likeness (QED) is 0.903. The molecule has 2 aromatic rings. The first-order valence-corrected chi connectivity index (χ1v) is 8.03. The van der Waals surface area contributed by atoms with E-state index < -0.39 is 0 Å². The molecule has 1 aliphatic rings. The second-order valence-electron chi connectivity index (χ2n) is 5.72. The summed E-state index contributed by atoms with van der Waals surface area (Å²) in [4.78, 5) is 9.62. The standard InChI is InChI=1S/C18H23N3/c1-2-3-10-15-13-17(14-8-5-4-6-9-14)21-18(20-15)16-11-7-12-19-16/h4-6,8-9,13,16,19H,2-3,7,10-12H2,1H3. The lowest BCUT2D eigenvalue weighted by Crippen LogP contribution is -2.17. The fraction of sp³-hybridized carbons (Fsp3) is 0.444. The normalized spacial score (nSPS) is 18.0. The minimum Gasteiger partial charge on any atom is -0.307 e. The van der Waals surface area contributed by atoms with Crippen molar-refractivity contribution < 1.29 is 0 Å². The van der Waals surface area contributed by atoms with Crippen LogP contribution in [0.1, 0.15) is 50.2 Å². The minimum atomic E-state index is 0.328. The van der Waals surface area contributed by atoms with E-state index in [9.17, 15) is 0 Å². The molecule has 1 atom stereocenters. The zero-order valence-corrected chi connectivity index (χ0v) is 12.7. The van der Waals surface area contributed by atoms with Crippen LogP contribution >= 0.6 is 0 Å². The van der Waals surface area contributed by atoms with Crippen LogP contribution in [0, 0.1) is 0 Å². The van der Waals surface area contributed by atoms with Gasteiger partial charge in [0, 0.05) is 11.3 Å². The number of benzene rings is 1. The van der Waals surface area contributed by atoms with Crippen molar-refractivity contribution in [1.82, 2.24) is 15.3 Å². The molecule has 1 aromatic heterocycles. The summed E-state index contributed by atoms with van der Waals surface area (Å²) >= 11 is 0. The van der Waals surface area contributed by atoms with Crippen LogP contribution < -0.4 is 5.32 Å². The summed E-state index contributed by atoms with van der Waals surface area (Å²) < 4.78 is 0. The number of rotatable bonds is 5. The highest BCUT2D eigenvalue weighted by Crippen LogP contribution is 2.24. The molecule has 21 heavy (non-hydrogen) atoms. The average molecular weight is 281 g/mol. The van der Waals surface area contributed by atoms with Crippen LogP contribution in [0.15, 0.2) is 36.4 Å². The molecule has 0 bridgehead atoms. The fourth-order valence-electron chi connectivity index (χ4n) is 2.82. The summed E-state index contributed by atoms with van der Waals surface area (Å²) in [5.74, 6) is 0.972. The van der Waals surface area contributed by atoms with Gasteiger partial charge < -0.3 is 5.32 Å². The van der Waals surface area contributed by atoms with Gasteiger partial charge in [-0.3, -0.25) is 0 Å². The van der Waals surface area contributed by atoms with Gasteiger partial charge in [0.25, 0.3) is 0 Å². The molecule has 2 heterocycles. The van der Waals surface area contributed by atoms with Crippen LogP contribution in [0.2, 0.25) is 0 Å². The van der Waals surface area contributed by atoms with E-state index in [1.807, 2.05) is 6.07 Å². The molecule has 3 nitrogen and oxygen atoms in total. The second-order valence-corrected chi connectivity index (χ2v) is 5.72. The summed E-state index contributed by atoms with van der Waals surface area (Å²) in [6.45, 7) is 3.30. The molecule has 110 valence electrons. The van der Waals surface area contributed by atoms with Gasteiger partial charge in [0.2, 0.25) is 0 Å². The van der Waals surface area contributed by atoms with Gasteiger partial charge in [0.1, 0.15) is 5.82 Å². The third-order valence-corrected chi connectivity index (χ3v) is 4.02. The van der Waals surface area contributed by atoms with Crippen LogP contribution in [-0.4, -0.2) is 16.5 Å². The lowest BCUT2D eigenvalue weighted by atomic mass is 10.1. The number of aromatic nitrogens is 2. The van der Waals surface area contributed by atoms with Crippen molar-refractivity contribution in [3.05, 3.63) is 47.9 Å². The molecule has 0 saturated carbocycles. The Balaban J connectivity index is 1.96. The van der Waals surface area contributed by atoms with Crippen LogP contribution in [0.4, 0.5) is 0 Å². The molecule has 0 aliphatic carbocycles. The summed E-state index contributed by atoms with van der Waals surface area (Å²) in [5, 5.41) is 3.51. The molecule has 1 unspecified atom stereocenters. The van der Waals surface area contributed by atoms with Gasteiger partial charge in [0.15, 0.2) is 0 Å². The van der Waals surface area contributed by atoms with Crippen molar-refractivity contribution >= 4 is 0 Å². The van der Waals surface area contributed by atoms with Crippen molar-refractivity contribution in [2.75, 3.05) is 6.54 Å². The first-order valence-electron chi connectivity index (χ1n) is 8.03. The van der Waals surface area contributed by atoms with E-state index in [0.29, 0.717) is 6.04 Å². The van der Waals surface area contributed by atoms with Gasteiger partial charge in [-0.25, -0.2) is 9.97 Å². The fourth-order valence-corrected chi connectivity index (χ4v) is 2.82. The van der Waals surface area contributed by atoms with Crippen molar-refractivity contribution in [3.8, 4) is 11.3 Å². The summed E-state index contributed by atoms with van der Waals surface area (Å²) in [6.07, 6.45) is 5.78. The number of nitrogens with zero attached hydrogens (tertiary/aromatic N) is 2. The largest absolute Gasteiger partial charge is 0.307 e. The predicted molar refractivity (Wildman–Crippen MR) is 86.1 cm³/mol. The summed E-state index contributed by atoms with van der Waals surface area (Å²) in [5.41, 5.74) is 3.41. The molecule has 0 radical (unpaired) electrons. The highest BCUT2D eigenvalue weighted by molar-refractivity contribution is 5.59. The third kappa shape index (κ3) is 3.48. The predicted octanol–water partition coefficient (Wildman–Crippen LogP) is 3.91. The molecule has 3 heteroatoms. The number of hydrogen-bond acceptors (Lipinski definition) is 3. The highest BCUT2D eigenvalue weighted by atomic mass is 15.0. The van der Waals surface area contributed by atoms with E-state index in [1.165, 1.54) is 30.5 Å². The molecule has 1 N–H and O–H groups in total. The Bertz CT molecular complexity index is 574. The van der Waals surface area contributed by atoms with Crippen LogP contribution in [0.5, 0.6) is 0 Å². The zero-order chi connectivity index (χ0) is 14.5. The van der Waals surface area contributed by atoms with Gasteiger partial charge in [-0.1, -0.05) is 43.7 Å². The number of aryl methyl sites for hydroxylation is 1. The molecule has 1 aliphatic heterocycles. The van der Waals surface area contributed by atoms with Crippen LogP contribution in [0.3, 0.4) is 0 Å². The van der Waals surface area contributed by atoms with E-state index in [1.54, 1.807) is 0 Å². The average Bonchev–Trinajstić information content (AvgIpc) is 3.08. The number of unbranched alkanes of at least 4 members (excludes halogenated alkanes) is 1. The van der Waals surface area contributed by atoms with Crippen molar-refractivity contribution in [2.45, 2.75) is 45.1 Å². The zero-order valence-electron chi connectivity index (χ0n) is 12.7. The van der Waals surface area contributed by atoms with Crippen molar-refractivity contribution in [3.63, 3.8) is 0 Å². The Kier molecular flexibility index (Phi) is 4.61. The maximum Gasteiger partial charge on any atom is 0.146 e. The Labute approximate surface area is 126 Å². The summed E-state index contributed by atoms with van der Waals surface area (Å²) in [7, 11) is 0. The molecule has 1 fully saturated rings. The van der Waals surface area contributed by atoms with Crippen LogP contribution in [0.25, 0.3) is 11.3 Å². The van der Waals surface area contributed by atoms with E-state index >= 15 is 0 Å². The van der Waals surface area contributed by atoms with Gasteiger partial charge >= 0.3 is 0 Å². The van der Waals surface area contributed by atoms with E-state index in [2.05, 4.69) is 42.6 Å². The van der Waals surface area contributed by atoms with Gasteiger partial charge in [-0.2, -0.15) is 0 Å². The molecule has 1 saturated heterocycles. The molecular formula is C18H23N3. The topological polar surface area (TPSA) is 37.8 Å². The van der Waals surface area contributed by atoms with Gasteiger partial charge in [-0.05, 0) is 38.3 Å². The minimum absolute atomic E-state index is 0.328. The third-order valence-electron chi connectivity index (χ3n) is 4.02. The molecule has 0 amide bonds.